The van der Waals surface area contributed by atoms with Gasteiger partial charge in [0.05, 0.1) is 7.11 Å². The minimum absolute atomic E-state index is 0.125. The van der Waals surface area contributed by atoms with E-state index in [9.17, 15) is 9.59 Å². The maximum absolute atomic E-state index is 12.0. The van der Waals surface area contributed by atoms with E-state index in [0.717, 1.165) is 16.5 Å². The highest BCUT2D eigenvalue weighted by Gasteiger charge is 2.29. The predicted octanol–water partition coefficient (Wildman–Crippen LogP) is 1.78. The maximum atomic E-state index is 12.0. The van der Waals surface area contributed by atoms with Crippen molar-refractivity contribution in [3.05, 3.63) is 28.2 Å². The molecule has 0 radical (unpaired) electrons. The van der Waals surface area contributed by atoms with Crippen LogP contribution < -0.4 is 20.7 Å². The van der Waals surface area contributed by atoms with E-state index in [1.54, 1.807) is 7.11 Å². The average Bonchev–Trinajstić information content (AvgIpc) is 2.49. The third kappa shape index (κ3) is 4.13. The third-order valence-electron chi connectivity index (χ3n) is 3.72. The lowest BCUT2D eigenvalue weighted by Gasteiger charge is -2.29. The minimum Gasteiger partial charge on any atom is -0.496 e. The summed E-state index contributed by atoms with van der Waals surface area (Å²) in [6.45, 7) is 2.94. The molecule has 1 fully saturated rings. The molecule has 1 aliphatic heterocycles. The van der Waals surface area contributed by atoms with Gasteiger partial charge in [0.1, 0.15) is 11.8 Å². The Morgan fingerprint density at radius 2 is 2.27 bits per heavy atom. The fraction of sp³-hybridized carbons (Fsp3) is 0.467. The summed E-state index contributed by atoms with van der Waals surface area (Å²) in [6.07, 6.45) is 0.857. The summed E-state index contributed by atoms with van der Waals surface area (Å²) in [5.74, 6) is 0.695. The van der Waals surface area contributed by atoms with Crippen molar-refractivity contribution in [2.75, 3.05) is 13.7 Å². The van der Waals surface area contributed by atoms with E-state index in [1.165, 1.54) is 0 Å². The molecule has 1 aliphatic rings. The highest BCUT2D eigenvalue weighted by molar-refractivity contribution is 9.10. The summed E-state index contributed by atoms with van der Waals surface area (Å²) in [7, 11) is 1.58. The Balaban J connectivity index is 1.93. The maximum Gasteiger partial charge on any atom is 0.315 e. The molecule has 0 spiro atoms. The van der Waals surface area contributed by atoms with E-state index >= 15 is 0 Å². The number of carbonyl (C=O) groups is 2. The van der Waals surface area contributed by atoms with Crippen molar-refractivity contribution in [2.45, 2.75) is 25.9 Å². The second-order valence-electron chi connectivity index (χ2n) is 5.32. The quantitative estimate of drug-likeness (QED) is 0.756. The molecule has 1 saturated heterocycles. The second-order valence-corrected chi connectivity index (χ2v) is 6.23. The molecular weight excluding hydrogens is 350 g/mol. The lowest BCUT2D eigenvalue weighted by molar-refractivity contribution is -0.125. The van der Waals surface area contributed by atoms with Gasteiger partial charge in [-0.05, 0) is 30.5 Å². The number of amides is 3. The van der Waals surface area contributed by atoms with Crippen LogP contribution >= 0.6 is 15.9 Å². The first-order valence-corrected chi connectivity index (χ1v) is 7.95. The third-order valence-corrected chi connectivity index (χ3v) is 4.21. The summed E-state index contributed by atoms with van der Waals surface area (Å²) in [6, 6.07) is 4.73. The monoisotopic (exact) mass is 369 g/mol. The SMILES string of the molecule is COc1ccc(Br)cc1CNC(=O)NC1C(=O)NCCC1C. The van der Waals surface area contributed by atoms with Crippen molar-refractivity contribution in [1.82, 2.24) is 16.0 Å². The molecule has 3 N–H and O–H groups in total. The van der Waals surface area contributed by atoms with Crippen LogP contribution in [0.5, 0.6) is 5.75 Å². The zero-order valence-corrected chi connectivity index (χ0v) is 14.2. The van der Waals surface area contributed by atoms with E-state index in [-0.39, 0.29) is 17.9 Å². The molecule has 7 heteroatoms. The van der Waals surface area contributed by atoms with E-state index < -0.39 is 6.04 Å². The molecule has 0 bridgehead atoms. The molecule has 1 aromatic rings. The van der Waals surface area contributed by atoms with Crippen molar-refractivity contribution >= 4 is 27.9 Å². The number of hydrogen-bond acceptors (Lipinski definition) is 3. The molecule has 2 rings (SSSR count). The lowest BCUT2D eigenvalue weighted by Crippen LogP contribution is -2.56. The number of piperidine rings is 1. The Kier molecular flexibility index (Phi) is 5.65. The van der Waals surface area contributed by atoms with Crippen LogP contribution in [0.2, 0.25) is 0 Å². The van der Waals surface area contributed by atoms with Crippen LogP contribution in [0.3, 0.4) is 0 Å². The summed E-state index contributed by atoms with van der Waals surface area (Å²) in [5.41, 5.74) is 0.855. The van der Waals surface area contributed by atoms with E-state index in [0.29, 0.717) is 18.8 Å². The van der Waals surface area contributed by atoms with Crippen LogP contribution in [-0.4, -0.2) is 31.6 Å². The Labute approximate surface area is 138 Å². The molecule has 0 aliphatic carbocycles. The van der Waals surface area contributed by atoms with E-state index in [2.05, 4.69) is 31.9 Å². The van der Waals surface area contributed by atoms with Crippen molar-refractivity contribution in [3.8, 4) is 5.75 Å². The minimum atomic E-state index is -0.488. The molecule has 1 aromatic carbocycles. The zero-order valence-electron chi connectivity index (χ0n) is 12.6. The van der Waals surface area contributed by atoms with Crippen LogP contribution in [0.1, 0.15) is 18.9 Å². The lowest BCUT2D eigenvalue weighted by atomic mass is 9.94. The standard InChI is InChI=1S/C15H20BrN3O3/c1-9-5-6-17-14(20)13(9)19-15(21)18-8-10-7-11(16)3-4-12(10)22-2/h3-4,7,9,13H,5-6,8H2,1-2H3,(H,17,20)(H2,18,19,21). The van der Waals surface area contributed by atoms with Gasteiger partial charge in [-0.25, -0.2) is 4.79 Å². The van der Waals surface area contributed by atoms with Gasteiger partial charge in [0.2, 0.25) is 5.91 Å². The number of carbonyl (C=O) groups excluding carboxylic acids is 2. The molecule has 0 saturated carbocycles. The first kappa shape index (κ1) is 16.6. The van der Waals surface area contributed by atoms with Gasteiger partial charge in [0.25, 0.3) is 0 Å². The summed E-state index contributed by atoms with van der Waals surface area (Å²) >= 11 is 3.39. The zero-order chi connectivity index (χ0) is 16.1. The van der Waals surface area contributed by atoms with E-state index in [4.69, 9.17) is 4.74 Å². The molecule has 3 amide bonds. The van der Waals surface area contributed by atoms with Gasteiger partial charge in [-0.15, -0.1) is 0 Å². The number of ether oxygens (including phenoxy) is 1. The first-order chi connectivity index (χ1) is 10.5. The van der Waals surface area contributed by atoms with Crippen LogP contribution in [0.25, 0.3) is 0 Å². The fourth-order valence-corrected chi connectivity index (χ4v) is 2.83. The highest BCUT2D eigenvalue weighted by Crippen LogP contribution is 2.22. The topological polar surface area (TPSA) is 79.5 Å². The Morgan fingerprint density at radius 1 is 1.50 bits per heavy atom. The smallest absolute Gasteiger partial charge is 0.315 e. The largest absolute Gasteiger partial charge is 0.496 e. The van der Waals surface area contributed by atoms with Crippen molar-refractivity contribution < 1.29 is 14.3 Å². The van der Waals surface area contributed by atoms with Crippen molar-refractivity contribution in [3.63, 3.8) is 0 Å². The van der Waals surface area contributed by atoms with Crippen LogP contribution in [0.15, 0.2) is 22.7 Å². The molecular formula is C15H20BrN3O3. The summed E-state index contributed by atoms with van der Waals surface area (Å²) < 4.78 is 6.17. The Morgan fingerprint density at radius 3 is 2.95 bits per heavy atom. The van der Waals surface area contributed by atoms with Crippen LogP contribution in [0.4, 0.5) is 4.79 Å². The number of urea groups is 1. The fourth-order valence-electron chi connectivity index (χ4n) is 2.42. The number of rotatable bonds is 4. The van der Waals surface area contributed by atoms with Gasteiger partial charge in [-0.2, -0.15) is 0 Å². The summed E-state index contributed by atoms with van der Waals surface area (Å²) in [5, 5.41) is 8.24. The normalized spacial score (nSPS) is 21.0. The Bertz CT molecular complexity index is 565. The Hall–Kier alpha value is -1.76. The van der Waals surface area contributed by atoms with E-state index in [1.807, 2.05) is 25.1 Å². The van der Waals surface area contributed by atoms with Gasteiger partial charge in [-0.3, -0.25) is 4.79 Å². The number of halogens is 1. The van der Waals surface area contributed by atoms with Crippen molar-refractivity contribution in [1.29, 1.82) is 0 Å². The number of hydrogen-bond donors (Lipinski definition) is 3. The van der Waals surface area contributed by atoms with Gasteiger partial charge in [0, 0.05) is 23.1 Å². The molecule has 22 heavy (non-hydrogen) atoms. The number of benzene rings is 1. The second kappa shape index (κ2) is 7.49. The van der Waals surface area contributed by atoms with Crippen LogP contribution in [-0.2, 0) is 11.3 Å². The van der Waals surface area contributed by atoms with Gasteiger partial charge in [0.15, 0.2) is 0 Å². The number of methoxy groups -OCH3 is 1. The molecule has 6 nitrogen and oxygen atoms in total. The van der Waals surface area contributed by atoms with Gasteiger partial charge < -0.3 is 20.7 Å². The van der Waals surface area contributed by atoms with Crippen LogP contribution in [0, 0.1) is 5.92 Å². The molecule has 2 atom stereocenters. The average molecular weight is 370 g/mol. The van der Waals surface area contributed by atoms with Crippen molar-refractivity contribution in [2.24, 2.45) is 5.92 Å². The van der Waals surface area contributed by atoms with Gasteiger partial charge in [-0.1, -0.05) is 22.9 Å². The van der Waals surface area contributed by atoms with Gasteiger partial charge >= 0.3 is 6.03 Å². The molecule has 120 valence electrons. The number of nitrogens with one attached hydrogen (secondary N) is 3. The summed E-state index contributed by atoms with van der Waals surface area (Å²) in [4.78, 5) is 23.8. The molecule has 2 unspecified atom stereocenters. The molecule has 0 aromatic heterocycles. The molecule has 1 heterocycles. The highest BCUT2D eigenvalue weighted by atomic mass is 79.9. The first-order valence-electron chi connectivity index (χ1n) is 7.15. The predicted molar refractivity (Wildman–Crippen MR) is 86.6 cm³/mol.